The SMILES string of the molecule is CCCCCCNc1cccc([N+](=O)[O-])c1N=Cc1cc(CCCCC)cc(C(C)(C)C)c1. The van der Waals surface area contributed by atoms with Crippen molar-refractivity contribution in [1.29, 1.82) is 0 Å². The van der Waals surface area contributed by atoms with Gasteiger partial charge >= 0.3 is 0 Å². The summed E-state index contributed by atoms with van der Waals surface area (Å²) >= 11 is 0. The predicted molar refractivity (Wildman–Crippen MR) is 141 cm³/mol. The molecule has 0 bridgehead atoms. The molecular formula is C28H41N3O2. The first kappa shape index (κ1) is 26.6. The summed E-state index contributed by atoms with van der Waals surface area (Å²) in [6, 6.07) is 11.7. The second-order valence-corrected chi connectivity index (χ2v) is 9.85. The van der Waals surface area contributed by atoms with Crippen LogP contribution in [0.3, 0.4) is 0 Å². The van der Waals surface area contributed by atoms with Gasteiger partial charge in [0.25, 0.3) is 5.69 Å². The standard InChI is InChI=1S/C28H41N3O2/c1-6-8-10-12-17-29-25-15-13-16-26(31(32)33)27(25)30-21-23-18-22(14-11-9-7-2)19-24(20-23)28(3,4)5/h13,15-16,18-21,29H,6-12,14,17H2,1-5H3. The zero-order valence-corrected chi connectivity index (χ0v) is 21.1. The Balaban J connectivity index is 2.35. The number of anilines is 1. The van der Waals surface area contributed by atoms with Crippen LogP contribution >= 0.6 is 0 Å². The van der Waals surface area contributed by atoms with Gasteiger partial charge < -0.3 is 5.32 Å². The molecule has 0 saturated carbocycles. The number of aliphatic imine (C=N–C) groups is 1. The van der Waals surface area contributed by atoms with E-state index in [0.29, 0.717) is 11.4 Å². The maximum Gasteiger partial charge on any atom is 0.296 e. The summed E-state index contributed by atoms with van der Waals surface area (Å²) in [5.41, 5.74) is 4.71. The molecule has 0 aliphatic heterocycles. The van der Waals surface area contributed by atoms with Crippen LogP contribution in [0.5, 0.6) is 0 Å². The lowest BCUT2D eigenvalue weighted by atomic mass is 9.84. The van der Waals surface area contributed by atoms with Crippen molar-refractivity contribution in [3.63, 3.8) is 0 Å². The molecule has 0 atom stereocenters. The lowest BCUT2D eigenvalue weighted by Crippen LogP contribution is -2.12. The smallest absolute Gasteiger partial charge is 0.296 e. The van der Waals surface area contributed by atoms with Crippen LogP contribution in [0.25, 0.3) is 0 Å². The second kappa shape index (κ2) is 13.1. The number of rotatable bonds is 13. The van der Waals surface area contributed by atoms with E-state index in [1.54, 1.807) is 12.3 Å². The van der Waals surface area contributed by atoms with Crippen molar-refractivity contribution < 1.29 is 4.92 Å². The topological polar surface area (TPSA) is 67.5 Å². The molecule has 0 aromatic heterocycles. The Labute approximate surface area is 199 Å². The second-order valence-electron chi connectivity index (χ2n) is 9.85. The molecule has 0 saturated heterocycles. The molecule has 1 N–H and O–H groups in total. The highest BCUT2D eigenvalue weighted by molar-refractivity contribution is 5.87. The molecule has 2 rings (SSSR count). The maximum atomic E-state index is 11.7. The number of benzene rings is 2. The molecule has 2 aromatic rings. The number of aryl methyl sites for hydroxylation is 1. The van der Waals surface area contributed by atoms with E-state index in [9.17, 15) is 10.1 Å². The van der Waals surface area contributed by atoms with Crippen molar-refractivity contribution in [2.75, 3.05) is 11.9 Å². The number of nitrogens with one attached hydrogen (secondary N) is 1. The monoisotopic (exact) mass is 451 g/mol. The summed E-state index contributed by atoms with van der Waals surface area (Å²) in [6.45, 7) is 11.8. The molecule has 0 spiro atoms. The average Bonchev–Trinajstić information content (AvgIpc) is 2.77. The highest BCUT2D eigenvalue weighted by Crippen LogP contribution is 2.35. The largest absolute Gasteiger partial charge is 0.383 e. The van der Waals surface area contributed by atoms with E-state index in [1.807, 2.05) is 6.07 Å². The van der Waals surface area contributed by atoms with Crippen molar-refractivity contribution in [1.82, 2.24) is 0 Å². The van der Waals surface area contributed by atoms with Crippen LogP contribution in [0, 0.1) is 10.1 Å². The fraction of sp³-hybridized carbons (Fsp3) is 0.536. The molecule has 33 heavy (non-hydrogen) atoms. The summed E-state index contributed by atoms with van der Waals surface area (Å²) in [6.07, 6.45) is 11.0. The lowest BCUT2D eigenvalue weighted by molar-refractivity contribution is -0.384. The molecule has 180 valence electrons. The van der Waals surface area contributed by atoms with Gasteiger partial charge in [-0.1, -0.05) is 84.9 Å². The van der Waals surface area contributed by atoms with Gasteiger partial charge in [-0.05, 0) is 53.5 Å². The Kier molecular flexibility index (Phi) is 10.6. The average molecular weight is 452 g/mol. The molecule has 5 nitrogen and oxygen atoms in total. The number of hydrogen-bond donors (Lipinski definition) is 1. The zero-order chi connectivity index (χ0) is 24.3. The predicted octanol–water partition coefficient (Wildman–Crippen LogP) is 8.37. The number of nitro benzene ring substituents is 1. The Morgan fingerprint density at radius 2 is 1.73 bits per heavy atom. The number of nitrogens with zero attached hydrogens (tertiary/aromatic N) is 2. The summed E-state index contributed by atoms with van der Waals surface area (Å²) in [7, 11) is 0. The Morgan fingerprint density at radius 1 is 1.00 bits per heavy atom. The summed E-state index contributed by atoms with van der Waals surface area (Å²) < 4.78 is 0. The van der Waals surface area contributed by atoms with Crippen LogP contribution in [-0.2, 0) is 11.8 Å². The van der Waals surface area contributed by atoms with Gasteiger partial charge in [-0.3, -0.25) is 10.1 Å². The fourth-order valence-electron chi connectivity index (χ4n) is 3.82. The highest BCUT2D eigenvalue weighted by atomic mass is 16.6. The molecular weight excluding hydrogens is 410 g/mol. The van der Waals surface area contributed by atoms with Gasteiger partial charge in [0.2, 0.25) is 0 Å². The van der Waals surface area contributed by atoms with Gasteiger partial charge in [0.05, 0.1) is 10.6 Å². The minimum Gasteiger partial charge on any atom is -0.383 e. The molecule has 0 fully saturated rings. The summed E-state index contributed by atoms with van der Waals surface area (Å²) in [5, 5.41) is 15.1. The van der Waals surface area contributed by atoms with Crippen molar-refractivity contribution in [2.45, 2.75) is 91.4 Å². The van der Waals surface area contributed by atoms with Crippen molar-refractivity contribution >= 4 is 23.3 Å². The third-order valence-electron chi connectivity index (χ3n) is 5.85. The van der Waals surface area contributed by atoms with E-state index in [0.717, 1.165) is 37.8 Å². The van der Waals surface area contributed by atoms with Gasteiger partial charge in [-0.25, -0.2) is 4.99 Å². The molecule has 0 amide bonds. The molecule has 0 radical (unpaired) electrons. The third-order valence-corrected chi connectivity index (χ3v) is 5.85. The van der Waals surface area contributed by atoms with E-state index in [2.05, 4.69) is 63.1 Å². The van der Waals surface area contributed by atoms with Gasteiger partial charge in [0, 0.05) is 18.8 Å². The Hall–Kier alpha value is -2.69. The molecule has 0 aliphatic rings. The van der Waals surface area contributed by atoms with Crippen LogP contribution in [0.2, 0.25) is 0 Å². The van der Waals surface area contributed by atoms with Crippen LogP contribution in [0.4, 0.5) is 17.1 Å². The Bertz CT molecular complexity index is 929. The maximum absolute atomic E-state index is 11.7. The van der Waals surface area contributed by atoms with E-state index in [-0.39, 0.29) is 16.0 Å². The van der Waals surface area contributed by atoms with Gasteiger partial charge in [-0.2, -0.15) is 0 Å². The first-order valence-corrected chi connectivity index (χ1v) is 12.5. The number of unbranched alkanes of at least 4 members (excludes halogenated alkanes) is 5. The van der Waals surface area contributed by atoms with Crippen LogP contribution in [0.15, 0.2) is 41.4 Å². The normalized spacial score (nSPS) is 11.8. The minimum absolute atomic E-state index is 0.0211. The van der Waals surface area contributed by atoms with E-state index in [1.165, 1.54) is 42.9 Å². The first-order valence-electron chi connectivity index (χ1n) is 12.5. The quantitative estimate of drug-likeness (QED) is 0.144. The number of hydrogen-bond acceptors (Lipinski definition) is 4. The van der Waals surface area contributed by atoms with Crippen LogP contribution < -0.4 is 5.32 Å². The van der Waals surface area contributed by atoms with E-state index < -0.39 is 0 Å². The Morgan fingerprint density at radius 3 is 2.39 bits per heavy atom. The molecule has 2 aromatic carbocycles. The molecule has 0 heterocycles. The van der Waals surface area contributed by atoms with Gasteiger partial charge in [-0.15, -0.1) is 0 Å². The highest BCUT2D eigenvalue weighted by Gasteiger charge is 2.18. The summed E-state index contributed by atoms with van der Waals surface area (Å²) in [5.74, 6) is 0. The molecule has 0 unspecified atom stereocenters. The zero-order valence-electron chi connectivity index (χ0n) is 21.1. The summed E-state index contributed by atoms with van der Waals surface area (Å²) in [4.78, 5) is 16.0. The first-order chi connectivity index (χ1) is 15.8. The van der Waals surface area contributed by atoms with Crippen molar-refractivity contribution in [3.8, 4) is 0 Å². The van der Waals surface area contributed by atoms with Crippen LogP contribution in [0.1, 0.15) is 96.3 Å². The fourth-order valence-corrected chi connectivity index (χ4v) is 3.82. The van der Waals surface area contributed by atoms with Gasteiger partial charge in [0.1, 0.15) is 0 Å². The van der Waals surface area contributed by atoms with E-state index in [4.69, 9.17) is 0 Å². The van der Waals surface area contributed by atoms with Crippen molar-refractivity contribution in [2.24, 2.45) is 4.99 Å². The molecule has 5 heteroatoms. The number of nitro groups is 1. The lowest BCUT2D eigenvalue weighted by Gasteiger charge is -2.21. The van der Waals surface area contributed by atoms with Crippen LogP contribution in [-0.4, -0.2) is 17.7 Å². The minimum atomic E-state index is -0.351. The van der Waals surface area contributed by atoms with Gasteiger partial charge in [0.15, 0.2) is 5.69 Å². The van der Waals surface area contributed by atoms with E-state index >= 15 is 0 Å². The molecule has 0 aliphatic carbocycles. The third kappa shape index (κ3) is 8.64. The number of para-hydroxylation sites is 1. The van der Waals surface area contributed by atoms with Crippen molar-refractivity contribution in [3.05, 3.63) is 63.2 Å².